The summed E-state index contributed by atoms with van der Waals surface area (Å²) in [6, 6.07) is 5.85. The highest BCUT2D eigenvalue weighted by molar-refractivity contribution is 7.88. The van der Waals surface area contributed by atoms with Crippen LogP contribution in [0.2, 0.25) is 0 Å². The van der Waals surface area contributed by atoms with Gasteiger partial charge in [-0.25, -0.2) is 0 Å². The van der Waals surface area contributed by atoms with E-state index in [-0.39, 0.29) is 116 Å². The molecule has 0 spiro atoms. The molecular formula is C72H52F12O36S4. The van der Waals surface area contributed by atoms with Crippen molar-refractivity contribution < 1.29 is 217 Å². The van der Waals surface area contributed by atoms with E-state index in [9.17, 15) is 144 Å². The summed E-state index contributed by atoms with van der Waals surface area (Å²) < 4.78 is 322. The number of methoxy groups -OCH3 is 4. The molecular weight excluding hydrogens is 1800 g/mol. The molecule has 16 rings (SSSR count). The summed E-state index contributed by atoms with van der Waals surface area (Å²) in [5, 5.41) is 0. The highest BCUT2D eigenvalue weighted by atomic mass is 32.2. The normalized spacial score (nSPS) is 25.6. The van der Waals surface area contributed by atoms with E-state index in [0.717, 1.165) is 52.7 Å². The largest absolute Gasteiger partial charge is 0.534 e. The topological polar surface area (TPSA) is 489 Å². The average Bonchev–Trinajstić information content (AvgIpc) is 1.21. The number of halogens is 12. The molecule has 0 unspecified atom stereocenters. The molecule has 52 heteroatoms. The van der Waals surface area contributed by atoms with Crippen molar-refractivity contribution in [2.45, 2.75) is 149 Å². The predicted octanol–water partition coefficient (Wildman–Crippen LogP) is 6.81. The fraction of sp³-hybridized carbons (Fsp3) is 0.389. The number of ether oxygens (including phenoxy) is 12. The van der Waals surface area contributed by atoms with Crippen LogP contribution in [0, 0.1) is 0 Å². The number of fused-ring (bicyclic) bond motifs is 12. The first-order valence-electron chi connectivity index (χ1n) is 35.1. The molecule has 12 aliphatic rings. The molecule has 12 atom stereocenters. The zero-order valence-electron chi connectivity index (χ0n) is 63.2. The summed E-state index contributed by atoms with van der Waals surface area (Å²) in [5.41, 5.74) is -26.7. The number of carbonyl (C=O) groups is 12. The summed E-state index contributed by atoms with van der Waals surface area (Å²) >= 11 is 0. The second-order valence-electron chi connectivity index (χ2n) is 27.8. The fourth-order valence-corrected chi connectivity index (χ4v) is 17.1. The van der Waals surface area contributed by atoms with Crippen LogP contribution in [0.4, 0.5) is 52.7 Å². The van der Waals surface area contributed by atoms with Crippen LogP contribution in [0.1, 0.15) is 136 Å². The molecule has 664 valence electrons. The first kappa shape index (κ1) is 90.0. The van der Waals surface area contributed by atoms with E-state index >= 15 is 0 Å². The second-order valence-corrected chi connectivity index (χ2v) is 33.9. The third-order valence-electron chi connectivity index (χ3n) is 20.3. The number of carbonyl (C=O) groups excluding carboxylic acids is 12. The van der Waals surface area contributed by atoms with Gasteiger partial charge in [0.25, 0.3) is 0 Å². The lowest BCUT2D eigenvalue weighted by Crippen LogP contribution is -2.44. The van der Waals surface area contributed by atoms with Gasteiger partial charge in [0.05, 0.1) is 123 Å². The van der Waals surface area contributed by atoms with E-state index in [4.69, 9.17) is 56.8 Å². The third-order valence-corrected chi connectivity index (χ3v) is 24.2. The van der Waals surface area contributed by atoms with E-state index in [1.54, 1.807) is 0 Å². The lowest BCUT2D eigenvalue weighted by atomic mass is 9.77. The lowest BCUT2D eigenvalue weighted by molar-refractivity contribution is -0.141. The molecule has 0 radical (unpaired) electrons. The summed E-state index contributed by atoms with van der Waals surface area (Å²) in [5.74, 6) is -13.7. The Balaban J connectivity index is 0.000000142. The smallest absolute Gasteiger partial charge is 0.496 e. The molecule has 0 bridgehead atoms. The minimum atomic E-state index is -6.03. The molecule has 0 aromatic heterocycles. The van der Waals surface area contributed by atoms with Crippen LogP contribution < -0.4 is 35.7 Å². The Morgan fingerprint density at radius 1 is 0.274 bits per heavy atom. The number of ketones is 8. The maximum Gasteiger partial charge on any atom is 0.534 e. The van der Waals surface area contributed by atoms with Gasteiger partial charge in [0.15, 0.2) is 70.7 Å². The SMILES string of the molecule is COc1cc(OS(=O)(=O)C(F)(F)F)cc2c1C(=O)C1=C(C2=O)[C@@H](C)O[C@@H]2CC(=O)O[C@H]12.COc1cc(OS(=O)(=O)C(F)(F)F)cc2c1C(=O)C1=C(C2=O)[C@@H](C)O[C@@H]2CC(=O)O[C@H]12.COc1cc(OS(=O)(=O)C(F)(F)F)cc2c1C(=O)C1=C(C2=O)[C@H](C)O[C@H]2CC(=O)O[C@@H]12.COc1cc(OS(=O)(=O)C(F)(F)F)cc2c1C(=O)C1=C(C2=O)[C@H](C)O[C@H]2CC(=O)O[C@@H]12. The summed E-state index contributed by atoms with van der Waals surface area (Å²) in [6.45, 7) is 5.87. The van der Waals surface area contributed by atoms with Gasteiger partial charge in [0.2, 0.25) is 0 Å². The number of Topliss-reactive ketones (excluding diaryl/α,β-unsaturated/α-hetero) is 8. The average molecular weight is 1850 g/mol. The Bertz CT molecular complexity index is 5400. The number of alkyl halides is 12. The maximum atomic E-state index is 13.3. The van der Waals surface area contributed by atoms with E-state index in [1.165, 1.54) is 27.7 Å². The van der Waals surface area contributed by atoms with Crippen LogP contribution in [0.25, 0.3) is 0 Å². The van der Waals surface area contributed by atoms with E-state index in [0.29, 0.717) is 24.3 Å². The Morgan fingerprint density at radius 2 is 0.444 bits per heavy atom. The minimum Gasteiger partial charge on any atom is -0.496 e. The lowest BCUT2D eigenvalue weighted by Gasteiger charge is -2.35. The molecule has 8 heterocycles. The first-order chi connectivity index (χ1) is 57.4. The maximum absolute atomic E-state index is 13.3. The Hall–Kier alpha value is -11.7. The Kier molecular flexibility index (Phi) is 22.6. The van der Waals surface area contributed by atoms with Gasteiger partial charge in [-0.3, -0.25) is 57.5 Å². The Morgan fingerprint density at radius 3 is 0.597 bits per heavy atom. The van der Waals surface area contributed by atoms with E-state index in [2.05, 4.69) is 16.7 Å². The van der Waals surface area contributed by atoms with Gasteiger partial charge in [-0.1, -0.05) is 0 Å². The van der Waals surface area contributed by atoms with Gasteiger partial charge in [0.1, 0.15) is 70.4 Å². The molecule has 124 heavy (non-hydrogen) atoms. The molecule has 4 fully saturated rings. The quantitative estimate of drug-likeness (QED) is 0.0462. The molecule has 0 saturated carbocycles. The summed E-state index contributed by atoms with van der Waals surface area (Å²) in [7, 11) is -19.8. The number of rotatable bonds is 12. The van der Waals surface area contributed by atoms with Crippen LogP contribution >= 0.6 is 0 Å². The number of esters is 4. The number of hydrogen-bond acceptors (Lipinski definition) is 36. The second kappa shape index (κ2) is 31.2. The zero-order valence-corrected chi connectivity index (χ0v) is 66.5. The summed E-state index contributed by atoms with van der Waals surface area (Å²) in [6.07, 6.45) is -11.7. The molecule has 8 aliphatic heterocycles. The highest BCUT2D eigenvalue weighted by Crippen LogP contribution is 2.51. The fourth-order valence-electron chi connectivity index (χ4n) is 15.3. The van der Waals surface area contributed by atoms with Crippen molar-refractivity contribution >= 4 is 111 Å². The van der Waals surface area contributed by atoms with E-state index < -0.39 is 251 Å². The van der Waals surface area contributed by atoms with Crippen LogP contribution in [-0.2, 0) is 97.5 Å². The van der Waals surface area contributed by atoms with Gasteiger partial charge in [-0.2, -0.15) is 86.4 Å². The van der Waals surface area contributed by atoms with Crippen molar-refractivity contribution in [3.8, 4) is 46.0 Å². The van der Waals surface area contributed by atoms with Crippen LogP contribution in [0.15, 0.2) is 93.1 Å². The number of hydrogen-bond donors (Lipinski definition) is 0. The number of benzene rings is 4. The first-order valence-corrected chi connectivity index (χ1v) is 40.7. The minimum absolute atomic E-state index is 0.0954. The van der Waals surface area contributed by atoms with Crippen molar-refractivity contribution in [1.29, 1.82) is 0 Å². The van der Waals surface area contributed by atoms with Gasteiger partial charge in [-0.15, -0.1) is 0 Å². The van der Waals surface area contributed by atoms with Gasteiger partial charge < -0.3 is 73.6 Å². The molecule has 4 aromatic carbocycles. The Labute approximate surface area is 685 Å². The van der Waals surface area contributed by atoms with E-state index in [1.807, 2.05) is 0 Å². The molecule has 0 amide bonds. The molecule has 4 saturated heterocycles. The molecule has 4 aromatic rings. The highest BCUT2D eigenvalue weighted by Gasteiger charge is 2.59. The van der Waals surface area contributed by atoms with Gasteiger partial charge in [-0.05, 0) is 52.0 Å². The zero-order chi connectivity index (χ0) is 91.5. The van der Waals surface area contributed by atoms with Crippen molar-refractivity contribution in [1.82, 2.24) is 0 Å². The molecule has 4 aliphatic carbocycles. The van der Waals surface area contributed by atoms with Crippen molar-refractivity contribution in [3.63, 3.8) is 0 Å². The molecule has 36 nitrogen and oxygen atoms in total. The molecule has 0 N–H and O–H groups in total. The predicted molar refractivity (Wildman–Crippen MR) is 372 cm³/mol. The van der Waals surface area contributed by atoms with Crippen LogP contribution in [-0.4, -0.2) is 228 Å². The van der Waals surface area contributed by atoms with Crippen molar-refractivity contribution in [2.24, 2.45) is 0 Å². The monoisotopic (exact) mass is 1850 g/mol. The van der Waals surface area contributed by atoms with Crippen LogP contribution in [0.5, 0.6) is 46.0 Å². The third kappa shape index (κ3) is 15.4. The van der Waals surface area contributed by atoms with Crippen LogP contribution in [0.3, 0.4) is 0 Å². The van der Waals surface area contributed by atoms with Gasteiger partial charge >= 0.3 is 86.4 Å². The van der Waals surface area contributed by atoms with Crippen molar-refractivity contribution in [2.75, 3.05) is 28.4 Å². The van der Waals surface area contributed by atoms with Crippen molar-refractivity contribution in [3.05, 3.63) is 138 Å². The summed E-state index contributed by atoms with van der Waals surface area (Å²) in [4.78, 5) is 152. The van der Waals surface area contributed by atoms with Gasteiger partial charge in [0, 0.05) is 68.8 Å². The standard InChI is InChI=1S/4C18H13F3O9S/c4*1-6-12-14(17-10(28-6)5-11(22)29-17)16(24)13-8(15(12)23)3-7(4-9(13)27-2)30-31(25,26)18(19,20)21/h4*3-4,6,10,17H,5H2,1-2H3/t4*6-,10-,17+/m1100/s1.